The molecule has 0 unspecified atom stereocenters. The first-order valence-corrected chi connectivity index (χ1v) is 13.7. The van der Waals surface area contributed by atoms with Crippen molar-refractivity contribution >= 4 is 46.2 Å². The summed E-state index contributed by atoms with van der Waals surface area (Å²) < 4.78 is 0. The monoisotopic (exact) mass is 619 g/mol. The van der Waals surface area contributed by atoms with Crippen molar-refractivity contribution < 1.29 is 39.3 Å². The Kier molecular flexibility index (Phi) is 10.8. The highest BCUT2D eigenvalue weighted by Gasteiger charge is 2.51. The molecule has 6 N–H and O–H groups in total. The number of hydrogen-bond acceptors (Lipinski definition) is 9. The normalized spacial score (nSPS) is 12.8. The SMILES string of the molecule is C#CCN(Cc1ccc2nc(C)[nH]c(=O)c2c1)c1ccc(C(=O)N(C)[C@@](CCC(=O)O)(C(=O)O)C(=O)CC[C@H](N)C(=O)O)cc1. The number of Topliss-reactive ketones (excluding diaryl/α,β-unsaturated/α-hetero) is 1. The van der Waals surface area contributed by atoms with Crippen LogP contribution in [0.2, 0.25) is 0 Å². The molecule has 2 aromatic carbocycles. The summed E-state index contributed by atoms with van der Waals surface area (Å²) in [6.07, 6.45) is 3.06. The third-order valence-electron chi connectivity index (χ3n) is 7.42. The molecule has 3 rings (SSSR count). The number of anilines is 1. The van der Waals surface area contributed by atoms with Crippen LogP contribution < -0.4 is 16.2 Å². The van der Waals surface area contributed by atoms with Crippen LogP contribution in [0.1, 0.15) is 47.4 Å². The Balaban J connectivity index is 1.90. The van der Waals surface area contributed by atoms with Gasteiger partial charge in [0.05, 0.1) is 17.4 Å². The summed E-state index contributed by atoms with van der Waals surface area (Å²) in [5.41, 5.74) is 4.49. The second kappa shape index (κ2) is 14.3. The molecule has 0 bridgehead atoms. The van der Waals surface area contributed by atoms with Gasteiger partial charge in [0.2, 0.25) is 0 Å². The standard InChI is InChI=1S/C31H33N5O9/c1-4-15-36(17-19-5-11-24-22(16-19)27(40)34-18(2)33-24)21-8-6-20(7-9-21)28(41)35(3)31(30(44)45,14-13-26(38)39)25(37)12-10-23(32)29(42)43/h1,5-9,11,16,23H,10,12-15,17,32H2,2-3H3,(H,38,39)(H,42,43)(H,44,45)(H,33,34,40)/t23-,31+/m0/s1. The minimum absolute atomic E-state index is 0.00317. The number of hydrogen-bond donors (Lipinski definition) is 5. The van der Waals surface area contributed by atoms with E-state index in [4.69, 9.17) is 17.3 Å². The number of terminal acetylenes is 1. The number of carboxylic acids is 3. The summed E-state index contributed by atoms with van der Waals surface area (Å²) in [7, 11) is 1.07. The molecular weight excluding hydrogens is 586 g/mol. The van der Waals surface area contributed by atoms with Crippen molar-refractivity contribution in [2.75, 3.05) is 18.5 Å². The summed E-state index contributed by atoms with van der Waals surface area (Å²) in [4.78, 5) is 83.7. The lowest BCUT2D eigenvalue weighted by molar-refractivity contribution is -0.156. The molecule has 1 amide bonds. The zero-order valence-corrected chi connectivity index (χ0v) is 24.6. The average molecular weight is 620 g/mol. The number of fused-ring (bicyclic) bond motifs is 1. The minimum atomic E-state index is -2.59. The van der Waals surface area contributed by atoms with Gasteiger partial charge in [-0.15, -0.1) is 6.42 Å². The van der Waals surface area contributed by atoms with Gasteiger partial charge < -0.3 is 35.8 Å². The number of aromatic nitrogens is 2. The van der Waals surface area contributed by atoms with E-state index in [2.05, 4.69) is 15.9 Å². The molecule has 3 aromatic rings. The molecule has 0 aliphatic heterocycles. The Hall–Kier alpha value is -5.55. The molecule has 0 aliphatic carbocycles. The maximum atomic E-state index is 13.5. The zero-order chi connectivity index (χ0) is 33.5. The molecule has 45 heavy (non-hydrogen) atoms. The summed E-state index contributed by atoms with van der Waals surface area (Å²) in [5.74, 6) is -3.44. The van der Waals surface area contributed by atoms with E-state index in [1.807, 2.05) is 6.07 Å². The molecular formula is C31H33N5O9. The fourth-order valence-electron chi connectivity index (χ4n) is 4.92. The summed E-state index contributed by atoms with van der Waals surface area (Å²) in [5, 5.41) is 28.8. The second-order valence-corrected chi connectivity index (χ2v) is 10.4. The van der Waals surface area contributed by atoms with E-state index in [-0.39, 0.29) is 17.7 Å². The van der Waals surface area contributed by atoms with Crippen LogP contribution in [0.25, 0.3) is 10.9 Å². The lowest BCUT2D eigenvalue weighted by atomic mass is 9.83. The van der Waals surface area contributed by atoms with Gasteiger partial charge in [-0.1, -0.05) is 12.0 Å². The first-order chi connectivity index (χ1) is 21.2. The molecule has 0 fully saturated rings. The van der Waals surface area contributed by atoms with Crippen molar-refractivity contribution in [3.63, 3.8) is 0 Å². The Morgan fingerprint density at radius 2 is 1.73 bits per heavy atom. The molecule has 236 valence electrons. The molecule has 1 aromatic heterocycles. The predicted molar refractivity (Wildman–Crippen MR) is 163 cm³/mol. The lowest BCUT2D eigenvalue weighted by Crippen LogP contribution is -2.61. The molecule has 2 atom stereocenters. The van der Waals surface area contributed by atoms with Crippen molar-refractivity contribution in [1.29, 1.82) is 0 Å². The fraction of sp³-hybridized carbons (Fsp3) is 0.323. The van der Waals surface area contributed by atoms with Gasteiger partial charge in [-0.2, -0.15) is 0 Å². The van der Waals surface area contributed by atoms with Crippen molar-refractivity contribution in [3.05, 3.63) is 69.8 Å². The maximum Gasteiger partial charge on any atom is 0.337 e. The number of ketones is 1. The Bertz CT molecular complexity index is 1730. The quantitative estimate of drug-likeness (QED) is 0.120. The number of nitrogens with one attached hydrogen (secondary N) is 1. The molecule has 0 saturated carbocycles. The van der Waals surface area contributed by atoms with E-state index in [9.17, 15) is 39.0 Å². The highest BCUT2D eigenvalue weighted by molar-refractivity contribution is 6.12. The van der Waals surface area contributed by atoms with Crippen molar-refractivity contribution in [3.8, 4) is 12.3 Å². The van der Waals surface area contributed by atoms with Gasteiger partial charge in [-0.05, 0) is 61.7 Å². The number of aryl methyl sites for hydroxylation is 1. The van der Waals surface area contributed by atoms with Crippen LogP contribution in [-0.2, 0) is 25.7 Å². The number of H-pyrrole nitrogens is 1. The summed E-state index contributed by atoms with van der Waals surface area (Å²) in [6, 6.07) is 9.75. The number of likely N-dealkylation sites (N-methyl/N-ethyl adjacent to an activating group) is 1. The third-order valence-corrected chi connectivity index (χ3v) is 7.42. The summed E-state index contributed by atoms with van der Waals surface area (Å²) in [6.45, 7) is 2.15. The number of aliphatic carboxylic acids is 3. The highest BCUT2D eigenvalue weighted by atomic mass is 16.4. The summed E-state index contributed by atoms with van der Waals surface area (Å²) >= 11 is 0. The number of aromatic amines is 1. The number of carbonyl (C=O) groups excluding carboxylic acids is 2. The molecule has 0 aliphatic rings. The average Bonchev–Trinajstić information content (AvgIpc) is 2.99. The highest BCUT2D eigenvalue weighted by Crippen LogP contribution is 2.28. The van der Waals surface area contributed by atoms with Gasteiger partial charge in [0.1, 0.15) is 11.9 Å². The van der Waals surface area contributed by atoms with Crippen LogP contribution in [0.3, 0.4) is 0 Å². The fourth-order valence-corrected chi connectivity index (χ4v) is 4.92. The molecule has 0 radical (unpaired) electrons. The first kappa shape index (κ1) is 33.9. The van der Waals surface area contributed by atoms with Crippen molar-refractivity contribution in [2.24, 2.45) is 5.73 Å². The van der Waals surface area contributed by atoms with E-state index in [0.29, 0.717) is 33.9 Å². The molecule has 1 heterocycles. The van der Waals surface area contributed by atoms with E-state index in [0.717, 1.165) is 12.6 Å². The van der Waals surface area contributed by atoms with E-state index in [1.54, 1.807) is 36.1 Å². The van der Waals surface area contributed by atoms with Crippen LogP contribution in [0.4, 0.5) is 5.69 Å². The molecule has 14 nitrogen and oxygen atoms in total. The maximum absolute atomic E-state index is 13.5. The molecule has 0 spiro atoms. The number of rotatable bonds is 15. The first-order valence-electron chi connectivity index (χ1n) is 13.7. The molecule has 0 saturated heterocycles. The van der Waals surface area contributed by atoms with E-state index < -0.39 is 66.9 Å². The van der Waals surface area contributed by atoms with Gasteiger partial charge in [0, 0.05) is 37.7 Å². The van der Waals surface area contributed by atoms with Crippen molar-refractivity contribution in [1.82, 2.24) is 14.9 Å². The second-order valence-electron chi connectivity index (χ2n) is 10.4. The van der Waals surface area contributed by atoms with Gasteiger partial charge >= 0.3 is 17.9 Å². The number of amides is 1. The Labute approximate surface area is 257 Å². The van der Waals surface area contributed by atoms with Crippen LogP contribution >= 0.6 is 0 Å². The number of carboxylic acid groups (broad SMARTS) is 3. The number of benzene rings is 2. The van der Waals surface area contributed by atoms with Crippen LogP contribution in [0.5, 0.6) is 0 Å². The Morgan fingerprint density at radius 3 is 2.31 bits per heavy atom. The smallest absolute Gasteiger partial charge is 0.337 e. The van der Waals surface area contributed by atoms with Gasteiger partial charge in [0.15, 0.2) is 11.3 Å². The van der Waals surface area contributed by atoms with E-state index in [1.165, 1.54) is 12.1 Å². The largest absolute Gasteiger partial charge is 0.481 e. The number of nitrogens with zero attached hydrogens (tertiary/aromatic N) is 3. The molecule has 14 heteroatoms. The lowest BCUT2D eigenvalue weighted by Gasteiger charge is -2.37. The van der Waals surface area contributed by atoms with Crippen molar-refractivity contribution in [2.45, 2.75) is 50.7 Å². The topological polar surface area (TPSA) is 224 Å². The van der Waals surface area contributed by atoms with Crippen LogP contribution in [-0.4, -0.2) is 85.0 Å². The third kappa shape index (κ3) is 7.70. The van der Waals surface area contributed by atoms with Crippen LogP contribution in [0.15, 0.2) is 47.3 Å². The number of carbonyl (C=O) groups is 5. The number of nitrogens with two attached hydrogens (primary N) is 1. The predicted octanol–water partition coefficient (Wildman–Crippen LogP) is 1.39. The van der Waals surface area contributed by atoms with Gasteiger partial charge in [0.25, 0.3) is 11.5 Å². The minimum Gasteiger partial charge on any atom is -0.481 e. The van der Waals surface area contributed by atoms with Crippen LogP contribution in [0, 0.1) is 19.3 Å². The van der Waals surface area contributed by atoms with E-state index >= 15 is 0 Å². The zero-order valence-electron chi connectivity index (χ0n) is 24.6. The van der Waals surface area contributed by atoms with Gasteiger partial charge in [-0.3, -0.25) is 24.0 Å². The Morgan fingerprint density at radius 1 is 1.07 bits per heavy atom. The van der Waals surface area contributed by atoms with Gasteiger partial charge in [-0.25, -0.2) is 9.78 Å².